The smallest absolute Gasteiger partial charge is 0.0616 e. The zero-order valence-electron chi connectivity index (χ0n) is 8.63. The number of rotatable bonds is 7. The number of hydrogen-bond donors (Lipinski definition) is 1. The van der Waals surface area contributed by atoms with Gasteiger partial charge in [0.15, 0.2) is 0 Å². The molecule has 0 aliphatic rings. The number of thiophene rings is 1. The SMILES string of the molecule is COCC(CCCl)NCc1sccc1Br. The molecule has 1 N–H and O–H groups in total. The van der Waals surface area contributed by atoms with E-state index in [0.717, 1.165) is 13.0 Å². The second-order valence-corrected chi connectivity index (χ2v) is 5.44. The first kappa shape index (κ1) is 13.5. The van der Waals surface area contributed by atoms with Crippen LogP contribution < -0.4 is 5.32 Å². The lowest BCUT2D eigenvalue weighted by Crippen LogP contribution is -2.33. The Morgan fingerprint density at radius 2 is 2.47 bits per heavy atom. The summed E-state index contributed by atoms with van der Waals surface area (Å²) in [6.45, 7) is 1.57. The lowest BCUT2D eigenvalue weighted by Gasteiger charge is -2.16. The average Bonchev–Trinajstić information content (AvgIpc) is 2.61. The zero-order valence-corrected chi connectivity index (χ0v) is 11.8. The maximum atomic E-state index is 5.72. The second kappa shape index (κ2) is 7.63. The summed E-state index contributed by atoms with van der Waals surface area (Å²) in [6.07, 6.45) is 0.929. The Morgan fingerprint density at radius 1 is 1.67 bits per heavy atom. The second-order valence-electron chi connectivity index (χ2n) is 3.20. The highest BCUT2D eigenvalue weighted by atomic mass is 79.9. The van der Waals surface area contributed by atoms with Crippen LogP contribution in [0.15, 0.2) is 15.9 Å². The molecule has 0 amide bonds. The average molecular weight is 313 g/mol. The lowest BCUT2D eigenvalue weighted by molar-refractivity contribution is 0.164. The summed E-state index contributed by atoms with van der Waals surface area (Å²) in [5.74, 6) is 0.659. The summed E-state index contributed by atoms with van der Waals surface area (Å²) >= 11 is 11.0. The van der Waals surface area contributed by atoms with E-state index in [1.165, 1.54) is 9.35 Å². The van der Waals surface area contributed by atoms with E-state index in [2.05, 4.69) is 32.7 Å². The van der Waals surface area contributed by atoms with Gasteiger partial charge in [0, 0.05) is 34.9 Å². The number of halogens is 2. The minimum absolute atomic E-state index is 0.335. The third-order valence-corrected chi connectivity index (χ3v) is 4.21. The van der Waals surface area contributed by atoms with Crippen molar-refractivity contribution in [3.05, 3.63) is 20.8 Å². The Kier molecular flexibility index (Phi) is 6.84. The molecule has 0 fully saturated rings. The fraction of sp³-hybridized carbons (Fsp3) is 0.600. The van der Waals surface area contributed by atoms with Gasteiger partial charge in [-0.1, -0.05) is 0 Å². The normalized spacial score (nSPS) is 13.0. The third-order valence-electron chi connectivity index (χ3n) is 2.07. The highest BCUT2D eigenvalue weighted by Crippen LogP contribution is 2.22. The minimum Gasteiger partial charge on any atom is -0.383 e. The van der Waals surface area contributed by atoms with E-state index in [1.54, 1.807) is 18.4 Å². The van der Waals surface area contributed by atoms with Crippen molar-refractivity contribution in [3.8, 4) is 0 Å². The highest BCUT2D eigenvalue weighted by molar-refractivity contribution is 9.10. The van der Waals surface area contributed by atoms with Gasteiger partial charge in [-0.15, -0.1) is 22.9 Å². The Morgan fingerprint density at radius 3 is 3.00 bits per heavy atom. The molecule has 0 aliphatic heterocycles. The number of methoxy groups -OCH3 is 1. The van der Waals surface area contributed by atoms with Crippen molar-refractivity contribution in [3.63, 3.8) is 0 Å². The Hall–Kier alpha value is 0.390. The molecule has 1 heterocycles. The standard InChI is InChI=1S/C10H15BrClNOS/c1-14-7-8(2-4-12)13-6-10-9(11)3-5-15-10/h3,5,8,13H,2,4,6-7H2,1H3. The Labute approximate surface area is 108 Å². The van der Waals surface area contributed by atoms with E-state index in [1.807, 2.05) is 0 Å². The molecule has 0 aromatic carbocycles. The molecule has 1 aromatic rings. The van der Waals surface area contributed by atoms with E-state index < -0.39 is 0 Å². The molecule has 2 nitrogen and oxygen atoms in total. The summed E-state index contributed by atoms with van der Waals surface area (Å²) in [7, 11) is 1.71. The Balaban J connectivity index is 2.36. The van der Waals surface area contributed by atoms with Crippen LogP contribution in [0.2, 0.25) is 0 Å². The van der Waals surface area contributed by atoms with E-state index in [4.69, 9.17) is 16.3 Å². The summed E-state index contributed by atoms with van der Waals surface area (Å²) in [4.78, 5) is 1.31. The van der Waals surface area contributed by atoms with Crippen molar-refractivity contribution >= 4 is 38.9 Å². The number of nitrogens with one attached hydrogen (secondary N) is 1. The van der Waals surface area contributed by atoms with Gasteiger partial charge in [0.25, 0.3) is 0 Å². The van der Waals surface area contributed by atoms with Crippen molar-refractivity contribution in [2.75, 3.05) is 19.6 Å². The van der Waals surface area contributed by atoms with Gasteiger partial charge in [0.05, 0.1) is 6.61 Å². The van der Waals surface area contributed by atoms with Crippen LogP contribution >= 0.6 is 38.9 Å². The molecule has 1 unspecified atom stereocenters. The molecule has 0 saturated heterocycles. The molecule has 1 aromatic heterocycles. The quantitative estimate of drug-likeness (QED) is 0.780. The summed E-state index contributed by atoms with van der Waals surface area (Å²) in [6, 6.07) is 2.40. The van der Waals surface area contributed by atoms with Crippen LogP contribution in [-0.2, 0) is 11.3 Å². The third kappa shape index (κ3) is 4.83. The monoisotopic (exact) mass is 311 g/mol. The number of alkyl halides is 1. The molecule has 1 rings (SSSR count). The van der Waals surface area contributed by atoms with Gasteiger partial charge >= 0.3 is 0 Å². The van der Waals surface area contributed by atoms with Crippen molar-refractivity contribution in [2.24, 2.45) is 0 Å². The number of hydrogen-bond acceptors (Lipinski definition) is 3. The van der Waals surface area contributed by atoms with Crippen LogP contribution in [0.1, 0.15) is 11.3 Å². The van der Waals surface area contributed by atoms with Gasteiger partial charge in [-0.2, -0.15) is 0 Å². The maximum Gasteiger partial charge on any atom is 0.0616 e. The van der Waals surface area contributed by atoms with Gasteiger partial charge in [-0.05, 0) is 33.8 Å². The first-order valence-electron chi connectivity index (χ1n) is 4.78. The van der Waals surface area contributed by atoms with Crippen LogP contribution in [0.3, 0.4) is 0 Å². The predicted octanol–water partition coefficient (Wildman–Crippen LogP) is 3.24. The summed E-state index contributed by atoms with van der Waals surface area (Å²) in [5, 5.41) is 5.51. The van der Waals surface area contributed by atoms with Crippen LogP contribution in [-0.4, -0.2) is 25.6 Å². The molecule has 15 heavy (non-hydrogen) atoms. The van der Waals surface area contributed by atoms with Crippen LogP contribution in [0.25, 0.3) is 0 Å². The minimum atomic E-state index is 0.335. The van der Waals surface area contributed by atoms with Crippen LogP contribution in [0.4, 0.5) is 0 Å². The van der Waals surface area contributed by atoms with Gasteiger partial charge in [0.1, 0.15) is 0 Å². The first-order chi connectivity index (χ1) is 7.27. The van der Waals surface area contributed by atoms with E-state index in [9.17, 15) is 0 Å². The molecule has 86 valence electrons. The molecule has 0 spiro atoms. The van der Waals surface area contributed by atoms with Gasteiger partial charge in [-0.25, -0.2) is 0 Å². The van der Waals surface area contributed by atoms with Gasteiger partial charge in [0.2, 0.25) is 0 Å². The van der Waals surface area contributed by atoms with Crippen molar-refractivity contribution in [2.45, 2.75) is 19.0 Å². The van der Waals surface area contributed by atoms with E-state index >= 15 is 0 Å². The van der Waals surface area contributed by atoms with Crippen molar-refractivity contribution in [1.82, 2.24) is 5.32 Å². The molecular formula is C10H15BrClNOS. The molecule has 0 radical (unpaired) electrons. The molecule has 0 bridgehead atoms. The van der Waals surface area contributed by atoms with Crippen molar-refractivity contribution in [1.29, 1.82) is 0 Å². The summed E-state index contributed by atoms with van der Waals surface area (Å²) < 4.78 is 6.30. The molecule has 5 heteroatoms. The molecule has 1 atom stereocenters. The topological polar surface area (TPSA) is 21.3 Å². The van der Waals surface area contributed by atoms with E-state index in [0.29, 0.717) is 18.5 Å². The molecule has 0 aliphatic carbocycles. The van der Waals surface area contributed by atoms with E-state index in [-0.39, 0.29) is 0 Å². The van der Waals surface area contributed by atoms with Crippen LogP contribution in [0.5, 0.6) is 0 Å². The van der Waals surface area contributed by atoms with Crippen LogP contribution in [0, 0.1) is 0 Å². The zero-order chi connectivity index (χ0) is 11.1. The molecular weight excluding hydrogens is 298 g/mol. The van der Waals surface area contributed by atoms with Gasteiger partial charge in [-0.3, -0.25) is 0 Å². The highest BCUT2D eigenvalue weighted by Gasteiger charge is 2.08. The maximum absolute atomic E-state index is 5.72. The first-order valence-corrected chi connectivity index (χ1v) is 6.98. The van der Waals surface area contributed by atoms with Crippen molar-refractivity contribution < 1.29 is 4.74 Å². The van der Waals surface area contributed by atoms with Gasteiger partial charge < -0.3 is 10.1 Å². The molecule has 0 saturated carbocycles. The Bertz CT molecular complexity index is 276. The fourth-order valence-corrected chi connectivity index (χ4v) is 2.97. The predicted molar refractivity (Wildman–Crippen MR) is 69.9 cm³/mol. The summed E-state index contributed by atoms with van der Waals surface area (Å²) in [5.41, 5.74) is 0. The largest absolute Gasteiger partial charge is 0.383 e. The fourth-order valence-electron chi connectivity index (χ4n) is 1.27. The lowest BCUT2D eigenvalue weighted by atomic mass is 10.2. The number of ether oxygens (including phenoxy) is 1.